The zero-order valence-electron chi connectivity index (χ0n) is 8.76. The van der Waals surface area contributed by atoms with E-state index >= 15 is 0 Å². The molecule has 0 aliphatic carbocycles. The minimum Gasteiger partial charge on any atom is -0.493 e. The summed E-state index contributed by atoms with van der Waals surface area (Å²) < 4.78 is 5.40. The van der Waals surface area contributed by atoms with Crippen LogP contribution >= 0.6 is 0 Å². The van der Waals surface area contributed by atoms with Gasteiger partial charge in [0, 0.05) is 6.42 Å². The number of fused-ring (bicyclic) bond motifs is 1. The predicted molar refractivity (Wildman–Crippen MR) is 56.4 cm³/mol. The molecule has 1 nitrogen and oxygen atoms in total. The molecule has 0 saturated heterocycles. The Morgan fingerprint density at radius 2 is 2.08 bits per heavy atom. The van der Waals surface area contributed by atoms with E-state index in [4.69, 9.17) is 4.74 Å². The van der Waals surface area contributed by atoms with Crippen LogP contribution in [0, 0.1) is 0 Å². The summed E-state index contributed by atoms with van der Waals surface area (Å²) in [6.07, 6.45) is 2.20. The van der Waals surface area contributed by atoms with Crippen molar-refractivity contribution in [3.63, 3.8) is 0 Å². The zero-order chi connectivity index (χ0) is 9.68. The summed E-state index contributed by atoms with van der Waals surface area (Å²) in [5, 5.41) is 0. The maximum absolute atomic E-state index is 5.40. The lowest BCUT2D eigenvalue weighted by atomic mass is 10.1. The van der Waals surface area contributed by atoms with Gasteiger partial charge in [-0.25, -0.2) is 0 Å². The van der Waals surface area contributed by atoms with Gasteiger partial charge in [-0.15, -0.1) is 0 Å². The van der Waals surface area contributed by atoms with E-state index in [9.17, 15) is 0 Å². The van der Waals surface area contributed by atoms with Crippen molar-refractivity contribution in [1.82, 2.24) is 0 Å². The lowest BCUT2D eigenvalue weighted by molar-refractivity contribution is 0.357. The minimum absolute atomic E-state index is 0.864. The summed E-state index contributed by atoms with van der Waals surface area (Å²) >= 11 is 0. The van der Waals surface area contributed by atoms with Crippen molar-refractivity contribution in [2.24, 2.45) is 0 Å². The second kappa shape index (κ2) is 4.90. The molecule has 0 saturated carbocycles. The van der Waals surface area contributed by atoms with Gasteiger partial charge in [0.2, 0.25) is 0 Å². The van der Waals surface area contributed by atoms with Crippen LogP contribution in [0.1, 0.15) is 31.9 Å². The first-order valence-electron chi connectivity index (χ1n) is 5.15. The van der Waals surface area contributed by atoms with Gasteiger partial charge in [-0.3, -0.25) is 0 Å². The molecule has 0 unspecified atom stereocenters. The summed E-state index contributed by atoms with van der Waals surface area (Å²) in [4.78, 5) is 0. The van der Waals surface area contributed by atoms with E-state index in [1.165, 1.54) is 11.1 Å². The Labute approximate surface area is 80.7 Å². The Balaban J connectivity index is 0.000000396. The molecule has 1 heteroatoms. The van der Waals surface area contributed by atoms with Crippen molar-refractivity contribution < 1.29 is 4.74 Å². The third-order valence-electron chi connectivity index (χ3n) is 2.16. The Kier molecular flexibility index (Phi) is 3.81. The molecule has 1 heterocycles. The highest BCUT2D eigenvalue weighted by atomic mass is 16.5. The van der Waals surface area contributed by atoms with Gasteiger partial charge in [0.05, 0.1) is 6.61 Å². The van der Waals surface area contributed by atoms with Crippen molar-refractivity contribution in [3.8, 4) is 5.75 Å². The molecule has 13 heavy (non-hydrogen) atoms. The standard InChI is InChI=1S/C10H12O.C2H6/c1-2-8-3-4-10-9(7-8)5-6-11-10;1-2/h3-4,7H,2,5-6H2,1H3;1-2H3. The number of ether oxygens (including phenoxy) is 1. The molecule has 0 amide bonds. The highest BCUT2D eigenvalue weighted by Crippen LogP contribution is 2.25. The number of hydrogen-bond donors (Lipinski definition) is 0. The van der Waals surface area contributed by atoms with Crippen molar-refractivity contribution in [2.75, 3.05) is 6.61 Å². The van der Waals surface area contributed by atoms with Gasteiger partial charge < -0.3 is 4.74 Å². The van der Waals surface area contributed by atoms with Crippen LogP contribution in [0.4, 0.5) is 0 Å². The first kappa shape index (κ1) is 10.1. The molecule has 0 bridgehead atoms. The van der Waals surface area contributed by atoms with E-state index in [0.29, 0.717) is 0 Å². The number of rotatable bonds is 1. The first-order chi connectivity index (χ1) is 6.40. The highest BCUT2D eigenvalue weighted by Gasteiger charge is 2.10. The van der Waals surface area contributed by atoms with E-state index in [2.05, 4.69) is 25.1 Å². The fraction of sp³-hybridized carbons (Fsp3) is 0.500. The van der Waals surface area contributed by atoms with Crippen LogP contribution in [-0.4, -0.2) is 6.61 Å². The third-order valence-corrected chi connectivity index (χ3v) is 2.16. The second-order valence-corrected chi connectivity index (χ2v) is 2.89. The molecular weight excluding hydrogens is 160 g/mol. The van der Waals surface area contributed by atoms with Crippen LogP contribution in [0.5, 0.6) is 5.75 Å². The Hall–Kier alpha value is -0.980. The lowest BCUT2D eigenvalue weighted by Gasteiger charge is -2.00. The molecule has 0 fully saturated rings. The molecule has 1 aliphatic heterocycles. The normalized spacial score (nSPS) is 12.5. The molecule has 1 aromatic carbocycles. The van der Waals surface area contributed by atoms with Gasteiger partial charge in [-0.05, 0) is 23.6 Å². The lowest BCUT2D eigenvalue weighted by Crippen LogP contribution is -1.85. The Morgan fingerprint density at radius 3 is 2.77 bits per heavy atom. The van der Waals surface area contributed by atoms with Crippen molar-refractivity contribution >= 4 is 0 Å². The molecule has 1 aromatic rings. The summed E-state index contributed by atoms with van der Waals surface area (Å²) in [7, 11) is 0. The van der Waals surface area contributed by atoms with E-state index in [1.807, 2.05) is 13.8 Å². The minimum atomic E-state index is 0.864. The average Bonchev–Trinajstić information content (AvgIpc) is 2.67. The summed E-state index contributed by atoms with van der Waals surface area (Å²) in [6, 6.07) is 6.48. The van der Waals surface area contributed by atoms with Crippen LogP contribution in [0.3, 0.4) is 0 Å². The van der Waals surface area contributed by atoms with Crippen LogP contribution in [-0.2, 0) is 12.8 Å². The molecule has 0 atom stereocenters. The SMILES string of the molecule is CC.CCc1ccc2c(c1)CCO2. The molecule has 0 N–H and O–H groups in total. The fourth-order valence-electron chi connectivity index (χ4n) is 1.46. The van der Waals surface area contributed by atoms with Crippen molar-refractivity contribution in [2.45, 2.75) is 33.6 Å². The van der Waals surface area contributed by atoms with E-state index in [-0.39, 0.29) is 0 Å². The number of benzene rings is 1. The summed E-state index contributed by atoms with van der Waals surface area (Å²) in [5.74, 6) is 1.09. The first-order valence-corrected chi connectivity index (χ1v) is 5.15. The number of aryl methyl sites for hydroxylation is 1. The molecule has 1 aliphatic rings. The third kappa shape index (κ3) is 2.24. The number of hydrogen-bond acceptors (Lipinski definition) is 1. The predicted octanol–water partition coefficient (Wildman–Crippen LogP) is 3.21. The maximum atomic E-state index is 5.40. The monoisotopic (exact) mass is 178 g/mol. The van der Waals surface area contributed by atoms with Crippen LogP contribution < -0.4 is 4.74 Å². The van der Waals surface area contributed by atoms with Crippen LogP contribution in [0.2, 0.25) is 0 Å². The van der Waals surface area contributed by atoms with Crippen molar-refractivity contribution in [3.05, 3.63) is 29.3 Å². The molecule has 0 radical (unpaired) electrons. The van der Waals surface area contributed by atoms with Gasteiger partial charge >= 0.3 is 0 Å². The highest BCUT2D eigenvalue weighted by molar-refractivity contribution is 5.39. The summed E-state index contributed by atoms with van der Waals surface area (Å²) in [5.41, 5.74) is 2.79. The largest absolute Gasteiger partial charge is 0.493 e. The van der Waals surface area contributed by atoms with E-state index < -0.39 is 0 Å². The topological polar surface area (TPSA) is 9.23 Å². The molecule has 0 aromatic heterocycles. The van der Waals surface area contributed by atoms with E-state index in [1.54, 1.807) is 0 Å². The quantitative estimate of drug-likeness (QED) is 0.641. The van der Waals surface area contributed by atoms with Gasteiger partial charge in [-0.1, -0.05) is 32.9 Å². The fourth-order valence-corrected chi connectivity index (χ4v) is 1.46. The molecule has 2 rings (SSSR count). The van der Waals surface area contributed by atoms with Gasteiger partial charge in [0.1, 0.15) is 5.75 Å². The zero-order valence-corrected chi connectivity index (χ0v) is 8.76. The Morgan fingerprint density at radius 1 is 1.31 bits per heavy atom. The molecular formula is C12H18O. The average molecular weight is 178 g/mol. The molecule has 0 spiro atoms. The van der Waals surface area contributed by atoms with Crippen molar-refractivity contribution in [1.29, 1.82) is 0 Å². The molecule has 72 valence electrons. The van der Waals surface area contributed by atoms with Crippen LogP contribution in [0.25, 0.3) is 0 Å². The smallest absolute Gasteiger partial charge is 0.122 e. The van der Waals surface area contributed by atoms with Gasteiger partial charge in [-0.2, -0.15) is 0 Å². The van der Waals surface area contributed by atoms with Crippen LogP contribution in [0.15, 0.2) is 18.2 Å². The van der Waals surface area contributed by atoms with Gasteiger partial charge in [0.25, 0.3) is 0 Å². The van der Waals surface area contributed by atoms with Gasteiger partial charge in [0.15, 0.2) is 0 Å². The maximum Gasteiger partial charge on any atom is 0.122 e. The van der Waals surface area contributed by atoms with E-state index in [0.717, 1.165) is 25.2 Å². The second-order valence-electron chi connectivity index (χ2n) is 2.89. The summed E-state index contributed by atoms with van der Waals surface area (Å²) in [6.45, 7) is 7.04. The Bertz CT molecular complexity index is 266.